The van der Waals surface area contributed by atoms with Crippen LogP contribution >= 0.6 is 0 Å². The van der Waals surface area contributed by atoms with Crippen LogP contribution in [0.4, 0.5) is 0 Å². The van der Waals surface area contributed by atoms with Gasteiger partial charge in [-0.2, -0.15) is 5.10 Å². The van der Waals surface area contributed by atoms with Gasteiger partial charge in [0.05, 0.1) is 23.3 Å². The molecule has 2 aromatic carbocycles. The number of aromatic nitrogens is 2. The van der Waals surface area contributed by atoms with E-state index in [2.05, 4.69) is 20.7 Å². The summed E-state index contributed by atoms with van der Waals surface area (Å²) in [4.78, 5) is 4.99. The Morgan fingerprint density at radius 1 is 1.10 bits per heavy atom. The fourth-order valence-electron chi connectivity index (χ4n) is 3.27. The lowest BCUT2D eigenvalue weighted by Crippen LogP contribution is -2.38. The minimum absolute atomic E-state index is 0.362. The topological polar surface area (TPSA) is 88.4 Å². The van der Waals surface area contributed by atoms with Gasteiger partial charge in [0, 0.05) is 25.5 Å². The number of para-hydroxylation sites is 1. The molecule has 0 radical (unpaired) electrons. The monoisotopic (exact) mass is 439 g/mol. The maximum absolute atomic E-state index is 11.8. The van der Waals surface area contributed by atoms with Crippen LogP contribution in [0.2, 0.25) is 0 Å². The van der Waals surface area contributed by atoms with Gasteiger partial charge in [-0.15, -0.1) is 0 Å². The van der Waals surface area contributed by atoms with E-state index in [1.165, 1.54) is 6.26 Å². The number of benzene rings is 2. The predicted octanol–water partition coefficient (Wildman–Crippen LogP) is 2.88. The number of sulfone groups is 1. The van der Waals surface area contributed by atoms with E-state index in [4.69, 9.17) is 0 Å². The first-order valence-electron chi connectivity index (χ1n) is 10.3. The highest BCUT2D eigenvalue weighted by molar-refractivity contribution is 7.90. The number of hydrogen-bond acceptors (Lipinski definition) is 4. The van der Waals surface area contributed by atoms with Crippen molar-refractivity contribution in [3.63, 3.8) is 0 Å². The van der Waals surface area contributed by atoms with Crippen molar-refractivity contribution in [1.29, 1.82) is 0 Å². The van der Waals surface area contributed by atoms with Gasteiger partial charge >= 0.3 is 0 Å². The molecule has 0 bridgehead atoms. The molecule has 0 aliphatic heterocycles. The summed E-state index contributed by atoms with van der Waals surface area (Å²) in [6.45, 7) is 5.77. The molecule has 3 rings (SSSR count). The van der Waals surface area contributed by atoms with Gasteiger partial charge in [0.1, 0.15) is 0 Å². The van der Waals surface area contributed by atoms with E-state index < -0.39 is 9.84 Å². The Bertz CT molecular complexity index is 1140. The van der Waals surface area contributed by atoms with Crippen LogP contribution < -0.4 is 10.6 Å². The van der Waals surface area contributed by atoms with Gasteiger partial charge in [-0.25, -0.2) is 18.1 Å². The zero-order valence-electron chi connectivity index (χ0n) is 18.2. The molecular weight excluding hydrogens is 410 g/mol. The quantitative estimate of drug-likeness (QED) is 0.416. The van der Waals surface area contributed by atoms with Crippen molar-refractivity contribution in [2.75, 3.05) is 19.3 Å². The molecule has 0 unspecified atom stereocenters. The van der Waals surface area contributed by atoms with Crippen LogP contribution in [0.15, 0.2) is 70.8 Å². The number of aryl methyl sites for hydroxylation is 1. The first-order chi connectivity index (χ1) is 14.9. The average Bonchev–Trinajstić information content (AvgIpc) is 3.21. The SMILES string of the molecule is CCNC(=NCc1ccc(S(C)(=O)=O)c(C)c1)NCCc1cnn(-c2ccccc2)c1. The van der Waals surface area contributed by atoms with Crippen LogP contribution in [-0.2, 0) is 22.8 Å². The second-order valence-corrected chi connectivity index (χ2v) is 9.36. The summed E-state index contributed by atoms with van der Waals surface area (Å²) in [7, 11) is -3.21. The van der Waals surface area contributed by atoms with Gasteiger partial charge in [-0.3, -0.25) is 0 Å². The summed E-state index contributed by atoms with van der Waals surface area (Å²) in [5.74, 6) is 0.725. The normalized spacial score (nSPS) is 12.0. The Hall–Kier alpha value is -3.13. The summed E-state index contributed by atoms with van der Waals surface area (Å²) in [6.07, 6.45) is 5.96. The van der Waals surface area contributed by atoms with Crippen molar-refractivity contribution in [3.8, 4) is 5.69 Å². The average molecular weight is 440 g/mol. The molecule has 0 spiro atoms. The molecule has 0 fully saturated rings. The van der Waals surface area contributed by atoms with Crippen LogP contribution in [-0.4, -0.2) is 43.5 Å². The van der Waals surface area contributed by atoms with Gasteiger partial charge in [0.2, 0.25) is 0 Å². The molecule has 8 heteroatoms. The van der Waals surface area contributed by atoms with Crippen LogP contribution in [0.3, 0.4) is 0 Å². The van der Waals surface area contributed by atoms with E-state index in [-0.39, 0.29) is 0 Å². The number of hydrogen-bond donors (Lipinski definition) is 2. The second-order valence-electron chi connectivity index (χ2n) is 7.37. The standard InChI is InChI=1S/C23H29N5O2S/c1-4-24-23(26-15-19-10-11-22(18(2)14-19)31(3,29)30)25-13-12-20-16-27-28(17-20)21-8-6-5-7-9-21/h5-11,14,16-17H,4,12-13,15H2,1-3H3,(H2,24,25,26). The number of nitrogens with one attached hydrogen (secondary N) is 2. The summed E-state index contributed by atoms with van der Waals surface area (Å²) < 4.78 is 25.4. The summed E-state index contributed by atoms with van der Waals surface area (Å²) in [6, 6.07) is 15.4. The van der Waals surface area contributed by atoms with Crippen molar-refractivity contribution in [3.05, 3.63) is 77.6 Å². The minimum atomic E-state index is -3.21. The molecule has 31 heavy (non-hydrogen) atoms. The van der Waals surface area contributed by atoms with Crippen molar-refractivity contribution in [2.24, 2.45) is 4.99 Å². The van der Waals surface area contributed by atoms with E-state index in [0.717, 1.165) is 47.8 Å². The highest BCUT2D eigenvalue weighted by Gasteiger charge is 2.10. The molecule has 0 amide bonds. The molecule has 1 heterocycles. The fourth-order valence-corrected chi connectivity index (χ4v) is 4.23. The van der Waals surface area contributed by atoms with Gasteiger partial charge < -0.3 is 10.6 Å². The minimum Gasteiger partial charge on any atom is -0.357 e. The molecule has 7 nitrogen and oxygen atoms in total. The largest absolute Gasteiger partial charge is 0.357 e. The van der Waals surface area contributed by atoms with Crippen LogP contribution in [0.25, 0.3) is 5.69 Å². The Kier molecular flexibility index (Phi) is 7.46. The molecule has 0 saturated carbocycles. The number of rotatable bonds is 8. The van der Waals surface area contributed by atoms with E-state index in [1.54, 1.807) is 6.07 Å². The molecule has 164 valence electrons. The van der Waals surface area contributed by atoms with Gasteiger partial charge in [-0.1, -0.05) is 30.3 Å². The van der Waals surface area contributed by atoms with E-state index >= 15 is 0 Å². The Morgan fingerprint density at radius 3 is 2.55 bits per heavy atom. The molecule has 2 N–H and O–H groups in total. The summed E-state index contributed by atoms with van der Waals surface area (Å²) >= 11 is 0. The maximum Gasteiger partial charge on any atom is 0.191 e. The molecule has 0 atom stereocenters. The van der Waals surface area contributed by atoms with E-state index in [9.17, 15) is 8.42 Å². The molecule has 3 aromatic rings. The molecule has 0 aliphatic rings. The highest BCUT2D eigenvalue weighted by atomic mass is 32.2. The smallest absolute Gasteiger partial charge is 0.191 e. The van der Waals surface area contributed by atoms with Crippen molar-refractivity contribution >= 4 is 15.8 Å². The third kappa shape index (κ3) is 6.42. The second kappa shape index (κ2) is 10.3. The first-order valence-corrected chi connectivity index (χ1v) is 12.2. The Labute approximate surface area is 184 Å². The molecule has 0 aliphatic carbocycles. The molecular formula is C23H29N5O2S. The van der Waals surface area contributed by atoms with Gasteiger partial charge in [0.15, 0.2) is 15.8 Å². The predicted molar refractivity (Wildman–Crippen MR) is 124 cm³/mol. The number of guanidine groups is 1. The van der Waals surface area contributed by atoms with Gasteiger partial charge in [0.25, 0.3) is 0 Å². The van der Waals surface area contributed by atoms with E-state index in [1.807, 2.05) is 73.4 Å². The van der Waals surface area contributed by atoms with Crippen molar-refractivity contribution in [2.45, 2.75) is 31.7 Å². The summed E-state index contributed by atoms with van der Waals surface area (Å²) in [5.41, 5.74) is 3.88. The Morgan fingerprint density at radius 2 is 1.87 bits per heavy atom. The number of aliphatic imine (C=N–C) groups is 1. The maximum atomic E-state index is 11.8. The lowest BCUT2D eigenvalue weighted by Gasteiger charge is -2.11. The fraction of sp³-hybridized carbons (Fsp3) is 0.304. The third-order valence-electron chi connectivity index (χ3n) is 4.77. The third-order valence-corrected chi connectivity index (χ3v) is 6.02. The van der Waals surface area contributed by atoms with E-state index in [0.29, 0.717) is 11.4 Å². The lowest BCUT2D eigenvalue weighted by molar-refractivity contribution is 0.601. The van der Waals surface area contributed by atoms with Crippen molar-refractivity contribution < 1.29 is 8.42 Å². The summed E-state index contributed by atoms with van der Waals surface area (Å²) in [5, 5.41) is 11.0. The lowest BCUT2D eigenvalue weighted by atomic mass is 10.1. The first kappa shape index (κ1) is 22.6. The molecule has 0 saturated heterocycles. The van der Waals surface area contributed by atoms with Crippen LogP contribution in [0.1, 0.15) is 23.6 Å². The highest BCUT2D eigenvalue weighted by Crippen LogP contribution is 2.17. The van der Waals surface area contributed by atoms with Crippen molar-refractivity contribution in [1.82, 2.24) is 20.4 Å². The van der Waals surface area contributed by atoms with Crippen LogP contribution in [0, 0.1) is 6.92 Å². The van der Waals surface area contributed by atoms with Gasteiger partial charge in [-0.05, 0) is 55.2 Å². The molecule has 1 aromatic heterocycles. The zero-order chi connectivity index (χ0) is 22.3. The van der Waals surface area contributed by atoms with Crippen LogP contribution in [0.5, 0.6) is 0 Å². The number of nitrogens with zero attached hydrogens (tertiary/aromatic N) is 3. The zero-order valence-corrected chi connectivity index (χ0v) is 19.0. The Balaban J connectivity index is 1.58.